The first-order valence-electron chi connectivity index (χ1n) is 5.91. The lowest BCUT2D eigenvalue weighted by atomic mass is 9.97. The van der Waals surface area contributed by atoms with Crippen LogP contribution in [0.1, 0.15) is 43.2 Å². The van der Waals surface area contributed by atoms with Gasteiger partial charge >= 0.3 is 0 Å². The quantitative estimate of drug-likeness (QED) is 0.801. The SMILES string of the molecule is CCCC1C/C(=C/C(N)=O)c2cc(F)ccc21. The Kier molecular flexibility index (Phi) is 3.27. The molecule has 0 saturated heterocycles. The number of fused-ring (bicyclic) bond motifs is 1. The molecule has 0 fully saturated rings. The minimum Gasteiger partial charge on any atom is -0.366 e. The number of carbonyl (C=O) groups excluding carboxylic acids is 1. The van der Waals surface area contributed by atoms with Crippen molar-refractivity contribution in [3.8, 4) is 0 Å². The van der Waals surface area contributed by atoms with E-state index in [0.29, 0.717) is 5.92 Å². The van der Waals surface area contributed by atoms with Crippen LogP contribution in [0.5, 0.6) is 0 Å². The van der Waals surface area contributed by atoms with Gasteiger partial charge in [0.15, 0.2) is 0 Å². The monoisotopic (exact) mass is 233 g/mol. The zero-order valence-corrected chi connectivity index (χ0v) is 9.87. The summed E-state index contributed by atoms with van der Waals surface area (Å²) in [5, 5.41) is 0. The van der Waals surface area contributed by atoms with Crippen LogP contribution in [0, 0.1) is 5.82 Å². The summed E-state index contributed by atoms with van der Waals surface area (Å²) in [6.45, 7) is 2.12. The van der Waals surface area contributed by atoms with Gasteiger partial charge in [0, 0.05) is 6.08 Å². The van der Waals surface area contributed by atoms with Gasteiger partial charge in [0.05, 0.1) is 0 Å². The van der Waals surface area contributed by atoms with Crippen molar-refractivity contribution in [1.29, 1.82) is 0 Å². The molecular weight excluding hydrogens is 217 g/mol. The minimum atomic E-state index is -0.465. The number of primary amides is 1. The molecule has 17 heavy (non-hydrogen) atoms. The van der Waals surface area contributed by atoms with Crippen molar-refractivity contribution in [3.05, 3.63) is 41.2 Å². The third-order valence-corrected chi connectivity index (χ3v) is 3.22. The molecule has 0 aliphatic heterocycles. The van der Waals surface area contributed by atoms with Crippen molar-refractivity contribution in [1.82, 2.24) is 0 Å². The first-order chi connectivity index (χ1) is 8.11. The largest absolute Gasteiger partial charge is 0.366 e. The second-order valence-corrected chi connectivity index (χ2v) is 4.49. The zero-order valence-electron chi connectivity index (χ0n) is 9.87. The molecule has 0 heterocycles. The molecule has 1 aliphatic rings. The molecule has 2 N–H and O–H groups in total. The number of halogens is 1. The summed E-state index contributed by atoms with van der Waals surface area (Å²) >= 11 is 0. The van der Waals surface area contributed by atoms with Gasteiger partial charge in [0.25, 0.3) is 0 Å². The number of hydrogen-bond donors (Lipinski definition) is 1. The smallest absolute Gasteiger partial charge is 0.241 e. The minimum absolute atomic E-state index is 0.267. The van der Waals surface area contributed by atoms with E-state index in [0.717, 1.165) is 36.0 Å². The van der Waals surface area contributed by atoms with Crippen LogP contribution in [0.3, 0.4) is 0 Å². The van der Waals surface area contributed by atoms with Crippen LogP contribution in [0.15, 0.2) is 24.3 Å². The molecule has 1 unspecified atom stereocenters. The van der Waals surface area contributed by atoms with E-state index < -0.39 is 5.91 Å². The maximum absolute atomic E-state index is 13.2. The highest BCUT2D eigenvalue weighted by molar-refractivity contribution is 5.95. The van der Waals surface area contributed by atoms with Gasteiger partial charge in [0.1, 0.15) is 5.82 Å². The molecule has 1 amide bonds. The Morgan fingerprint density at radius 2 is 2.35 bits per heavy atom. The van der Waals surface area contributed by atoms with Gasteiger partial charge in [-0.1, -0.05) is 19.4 Å². The van der Waals surface area contributed by atoms with E-state index in [4.69, 9.17) is 5.73 Å². The maximum Gasteiger partial charge on any atom is 0.241 e. The Morgan fingerprint density at radius 1 is 1.59 bits per heavy atom. The summed E-state index contributed by atoms with van der Waals surface area (Å²) in [6, 6.07) is 4.81. The maximum atomic E-state index is 13.2. The lowest BCUT2D eigenvalue weighted by molar-refractivity contribution is -0.113. The fraction of sp³-hybridized carbons (Fsp3) is 0.357. The number of carbonyl (C=O) groups is 1. The third-order valence-electron chi connectivity index (χ3n) is 3.22. The molecule has 2 nitrogen and oxygen atoms in total. The van der Waals surface area contributed by atoms with Crippen LogP contribution < -0.4 is 5.73 Å². The van der Waals surface area contributed by atoms with Gasteiger partial charge in [0.2, 0.25) is 5.91 Å². The van der Waals surface area contributed by atoms with Crippen molar-refractivity contribution in [2.45, 2.75) is 32.1 Å². The number of allylic oxidation sites excluding steroid dienone is 1. The molecule has 0 spiro atoms. The topological polar surface area (TPSA) is 43.1 Å². The Balaban J connectivity index is 2.44. The lowest BCUT2D eigenvalue weighted by Crippen LogP contribution is -2.06. The summed E-state index contributed by atoms with van der Waals surface area (Å²) in [5.74, 6) is -0.343. The van der Waals surface area contributed by atoms with Gasteiger partial charge in [-0.25, -0.2) is 4.39 Å². The molecule has 1 atom stereocenters. The first kappa shape index (κ1) is 11.8. The molecule has 0 bridgehead atoms. The van der Waals surface area contributed by atoms with Gasteiger partial charge in [-0.3, -0.25) is 4.79 Å². The van der Waals surface area contributed by atoms with Gasteiger partial charge in [-0.15, -0.1) is 0 Å². The number of rotatable bonds is 3. The number of amides is 1. The third kappa shape index (κ3) is 2.38. The van der Waals surface area contributed by atoms with Crippen molar-refractivity contribution in [3.63, 3.8) is 0 Å². The van der Waals surface area contributed by atoms with E-state index in [9.17, 15) is 9.18 Å². The van der Waals surface area contributed by atoms with E-state index in [-0.39, 0.29) is 5.82 Å². The molecule has 0 saturated carbocycles. The highest BCUT2D eigenvalue weighted by Gasteiger charge is 2.26. The Labute approximate surface area is 100 Å². The highest BCUT2D eigenvalue weighted by Crippen LogP contribution is 2.43. The molecule has 90 valence electrons. The molecular formula is C14H16FNO. The van der Waals surface area contributed by atoms with Crippen molar-refractivity contribution in [2.24, 2.45) is 5.73 Å². The molecule has 0 radical (unpaired) electrons. The van der Waals surface area contributed by atoms with Gasteiger partial charge in [-0.2, -0.15) is 0 Å². The van der Waals surface area contributed by atoms with Crippen LogP contribution in [-0.4, -0.2) is 5.91 Å². The van der Waals surface area contributed by atoms with Gasteiger partial charge in [-0.05, 0) is 47.6 Å². The first-order valence-corrected chi connectivity index (χ1v) is 5.91. The van der Waals surface area contributed by atoms with Gasteiger partial charge < -0.3 is 5.73 Å². The second-order valence-electron chi connectivity index (χ2n) is 4.49. The van der Waals surface area contributed by atoms with E-state index in [1.54, 1.807) is 0 Å². The highest BCUT2D eigenvalue weighted by atomic mass is 19.1. The molecule has 1 aliphatic carbocycles. The number of nitrogens with two attached hydrogens (primary N) is 1. The Morgan fingerprint density at radius 3 is 3.00 bits per heavy atom. The molecule has 1 aromatic carbocycles. The molecule has 0 aromatic heterocycles. The average molecular weight is 233 g/mol. The van der Waals surface area contributed by atoms with Crippen LogP contribution in [0.2, 0.25) is 0 Å². The van der Waals surface area contributed by atoms with E-state index in [1.165, 1.54) is 18.2 Å². The standard InChI is InChI=1S/C14H16FNO/c1-2-3-9-6-10(7-14(16)17)13-8-11(15)4-5-12(9)13/h4-5,7-9H,2-3,6H2,1H3,(H2,16,17)/b10-7-. The van der Waals surface area contributed by atoms with E-state index in [2.05, 4.69) is 6.92 Å². The van der Waals surface area contributed by atoms with Crippen molar-refractivity contribution in [2.75, 3.05) is 0 Å². The number of hydrogen-bond acceptors (Lipinski definition) is 1. The van der Waals surface area contributed by atoms with E-state index >= 15 is 0 Å². The molecule has 1 aromatic rings. The van der Waals surface area contributed by atoms with Crippen molar-refractivity contribution >= 4 is 11.5 Å². The molecule has 2 rings (SSSR count). The fourth-order valence-corrected chi connectivity index (χ4v) is 2.56. The summed E-state index contributed by atoms with van der Waals surface area (Å²) in [4.78, 5) is 11.0. The summed E-state index contributed by atoms with van der Waals surface area (Å²) < 4.78 is 13.2. The normalized spacial score (nSPS) is 20.6. The predicted octanol–water partition coefficient (Wildman–Crippen LogP) is 2.98. The van der Waals surface area contributed by atoms with E-state index in [1.807, 2.05) is 6.07 Å². The van der Waals surface area contributed by atoms with Crippen molar-refractivity contribution < 1.29 is 9.18 Å². The number of benzene rings is 1. The Bertz CT molecular complexity index is 479. The predicted molar refractivity (Wildman–Crippen MR) is 65.8 cm³/mol. The zero-order chi connectivity index (χ0) is 12.4. The Hall–Kier alpha value is -1.64. The second kappa shape index (κ2) is 4.70. The fourth-order valence-electron chi connectivity index (χ4n) is 2.56. The lowest BCUT2D eigenvalue weighted by Gasteiger charge is -2.08. The average Bonchev–Trinajstić information content (AvgIpc) is 2.56. The molecule has 3 heteroatoms. The summed E-state index contributed by atoms with van der Waals surface area (Å²) in [7, 11) is 0. The summed E-state index contributed by atoms with van der Waals surface area (Å²) in [6.07, 6.45) is 4.34. The van der Waals surface area contributed by atoms with Crippen LogP contribution in [0.25, 0.3) is 5.57 Å². The van der Waals surface area contributed by atoms with Crippen LogP contribution in [-0.2, 0) is 4.79 Å². The van der Waals surface area contributed by atoms with Crippen LogP contribution in [0.4, 0.5) is 4.39 Å². The van der Waals surface area contributed by atoms with Crippen LogP contribution >= 0.6 is 0 Å². The summed E-state index contributed by atoms with van der Waals surface area (Å²) in [5.41, 5.74) is 8.03.